The molecule has 1 atom stereocenters. The Morgan fingerprint density at radius 1 is 1.30 bits per heavy atom. The molecule has 1 aromatic carbocycles. The van der Waals surface area contributed by atoms with E-state index in [-0.39, 0.29) is 25.1 Å². The Kier molecular flexibility index (Phi) is 5.59. The number of benzene rings is 1. The highest BCUT2D eigenvalue weighted by Gasteiger charge is 2.30. The Bertz CT molecular complexity index is 1060. The Morgan fingerprint density at radius 3 is 2.73 bits per heavy atom. The van der Waals surface area contributed by atoms with E-state index in [0.29, 0.717) is 11.8 Å². The third-order valence-electron chi connectivity index (χ3n) is 5.63. The predicted octanol–water partition coefficient (Wildman–Crippen LogP) is 2.50. The molecule has 1 amide bonds. The highest BCUT2D eigenvalue weighted by atomic mass is 32.2. The molecule has 2 aromatic rings. The molecule has 2 aliphatic rings. The third-order valence-corrected chi connectivity index (χ3v) is 6.36. The Labute approximate surface area is 177 Å². The van der Waals surface area contributed by atoms with Gasteiger partial charge in [-0.1, -0.05) is 0 Å². The second-order valence-corrected chi connectivity index (χ2v) is 10.0. The Balaban J connectivity index is 1.70. The third kappa shape index (κ3) is 4.37. The van der Waals surface area contributed by atoms with Gasteiger partial charge in [0.15, 0.2) is 0 Å². The van der Waals surface area contributed by atoms with Crippen molar-refractivity contribution >= 4 is 21.6 Å². The molecule has 2 heterocycles. The summed E-state index contributed by atoms with van der Waals surface area (Å²) in [6.45, 7) is 4.00. The van der Waals surface area contributed by atoms with E-state index in [1.807, 2.05) is 34.1 Å². The van der Waals surface area contributed by atoms with Crippen LogP contribution < -0.4 is 14.4 Å². The van der Waals surface area contributed by atoms with E-state index in [9.17, 15) is 13.2 Å². The van der Waals surface area contributed by atoms with Crippen LogP contribution in [0.25, 0.3) is 11.1 Å². The summed E-state index contributed by atoms with van der Waals surface area (Å²) in [6, 6.07) is 4.56. The molecule has 1 aliphatic heterocycles. The number of carbonyl (C=O) groups is 1. The van der Waals surface area contributed by atoms with Gasteiger partial charge in [-0.3, -0.25) is 9.48 Å². The van der Waals surface area contributed by atoms with E-state index in [0.717, 1.165) is 54.3 Å². The lowest BCUT2D eigenvalue weighted by Gasteiger charge is -2.36. The van der Waals surface area contributed by atoms with Crippen molar-refractivity contribution in [3.8, 4) is 16.9 Å². The Morgan fingerprint density at radius 2 is 2.07 bits per heavy atom. The van der Waals surface area contributed by atoms with Crippen molar-refractivity contribution in [2.24, 2.45) is 0 Å². The second-order valence-electron chi connectivity index (χ2n) is 8.17. The van der Waals surface area contributed by atoms with Gasteiger partial charge < -0.3 is 9.64 Å². The van der Waals surface area contributed by atoms with Crippen LogP contribution >= 0.6 is 0 Å². The predicted molar refractivity (Wildman–Crippen MR) is 115 cm³/mol. The molecule has 1 fully saturated rings. The number of anilines is 1. The van der Waals surface area contributed by atoms with Crippen molar-refractivity contribution in [3.05, 3.63) is 30.1 Å². The molecule has 0 bridgehead atoms. The lowest BCUT2D eigenvalue weighted by atomic mass is 9.92. The summed E-state index contributed by atoms with van der Waals surface area (Å²) in [6.07, 6.45) is 8.94. The van der Waals surface area contributed by atoms with Crippen LogP contribution in [0.3, 0.4) is 0 Å². The SMILES string of the molecule is CC(=O)N1c2ccc(-c3cnn(C4CC4)c3)c(OCCNS(C)(=O)=O)c2CC[C@@H]1C. The number of sulfonamides is 1. The zero-order chi connectivity index (χ0) is 21.5. The number of aromatic nitrogens is 2. The van der Waals surface area contributed by atoms with Crippen molar-refractivity contribution < 1.29 is 17.9 Å². The summed E-state index contributed by atoms with van der Waals surface area (Å²) >= 11 is 0. The zero-order valence-electron chi connectivity index (χ0n) is 17.6. The number of carbonyl (C=O) groups excluding carboxylic acids is 1. The molecule has 1 aliphatic carbocycles. The maximum Gasteiger partial charge on any atom is 0.224 e. The van der Waals surface area contributed by atoms with Crippen LogP contribution in [0.2, 0.25) is 0 Å². The number of fused-ring (bicyclic) bond motifs is 1. The maximum absolute atomic E-state index is 12.3. The summed E-state index contributed by atoms with van der Waals surface area (Å²) in [5.74, 6) is 0.707. The molecule has 162 valence electrons. The van der Waals surface area contributed by atoms with Crippen molar-refractivity contribution in [1.29, 1.82) is 0 Å². The van der Waals surface area contributed by atoms with Gasteiger partial charge in [0.25, 0.3) is 0 Å². The molecule has 8 nitrogen and oxygen atoms in total. The van der Waals surface area contributed by atoms with Crippen LogP contribution in [0.1, 0.15) is 44.7 Å². The first-order valence-electron chi connectivity index (χ1n) is 10.3. The fourth-order valence-electron chi connectivity index (χ4n) is 4.07. The van der Waals surface area contributed by atoms with E-state index in [1.54, 1.807) is 6.92 Å². The highest BCUT2D eigenvalue weighted by molar-refractivity contribution is 7.88. The fourth-order valence-corrected chi connectivity index (χ4v) is 4.53. The number of rotatable bonds is 7. The minimum Gasteiger partial charge on any atom is -0.491 e. The van der Waals surface area contributed by atoms with Gasteiger partial charge in [-0.2, -0.15) is 5.10 Å². The molecule has 0 unspecified atom stereocenters. The first kappa shape index (κ1) is 20.9. The van der Waals surface area contributed by atoms with Gasteiger partial charge in [-0.15, -0.1) is 0 Å². The van der Waals surface area contributed by atoms with Crippen LogP contribution in [-0.4, -0.2) is 49.6 Å². The van der Waals surface area contributed by atoms with Crippen molar-refractivity contribution in [2.75, 3.05) is 24.3 Å². The quantitative estimate of drug-likeness (QED) is 0.679. The normalized spacial score (nSPS) is 18.9. The van der Waals surface area contributed by atoms with Gasteiger partial charge in [-0.25, -0.2) is 13.1 Å². The fraction of sp³-hybridized carbons (Fsp3) is 0.524. The molecule has 4 rings (SSSR count). The first-order valence-corrected chi connectivity index (χ1v) is 12.2. The van der Waals surface area contributed by atoms with E-state index in [1.165, 1.54) is 0 Å². The van der Waals surface area contributed by atoms with Gasteiger partial charge in [0, 0.05) is 42.4 Å². The number of amides is 1. The topological polar surface area (TPSA) is 93.5 Å². The van der Waals surface area contributed by atoms with Crippen molar-refractivity contribution in [2.45, 2.75) is 51.6 Å². The molecule has 0 radical (unpaired) electrons. The van der Waals surface area contributed by atoms with Crippen molar-refractivity contribution in [3.63, 3.8) is 0 Å². The van der Waals surface area contributed by atoms with E-state index in [4.69, 9.17) is 4.74 Å². The number of nitrogens with one attached hydrogen (secondary N) is 1. The zero-order valence-corrected chi connectivity index (χ0v) is 18.4. The van der Waals surface area contributed by atoms with Gasteiger partial charge in [-0.05, 0) is 44.7 Å². The van der Waals surface area contributed by atoms with Crippen LogP contribution in [-0.2, 0) is 21.2 Å². The summed E-state index contributed by atoms with van der Waals surface area (Å²) in [4.78, 5) is 14.1. The molecular formula is C21H28N4O4S. The molecular weight excluding hydrogens is 404 g/mol. The largest absolute Gasteiger partial charge is 0.491 e. The summed E-state index contributed by atoms with van der Waals surface area (Å²) < 4.78 is 33.3. The lowest BCUT2D eigenvalue weighted by molar-refractivity contribution is -0.117. The minimum absolute atomic E-state index is 0.00226. The average molecular weight is 433 g/mol. The smallest absolute Gasteiger partial charge is 0.224 e. The maximum atomic E-state index is 12.3. The van der Waals surface area contributed by atoms with Crippen LogP contribution in [0.15, 0.2) is 24.5 Å². The number of nitrogens with zero attached hydrogens (tertiary/aromatic N) is 3. The van der Waals surface area contributed by atoms with Crippen LogP contribution in [0.4, 0.5) is 5.69 Å². The van der Waals surface area contributed by atoms with E-state index in [2.05, 4.69) is 16.7 Å². The first-order chi connectivity index (χ1) is 14.2. The number of hydrogen-bond acceptors (Lipinski definition) is 5. The van der Waals surface area contributed by atoms with E-state index >= 15 is 0 Å². The average Bonchev–Trinajstić information content (AvgIpc) is 3.41. The molecule has 1 N–H and O–H groups in total. The summed E-state index contributed by atoms with van der Waals surface area (Å²) in [7, 11) is -3.28. The molecule has 0 saturated heterocycles. The van der Waals surface area contributed by atoms with Crippen molar-refractivity contribution in [1.82, 2.24) is 14.5 Å². The van der Waals surface area contributed by atoms with Crippen LogP contribution in [0.5, 0.6) is 5.75 Å². The molecule has 30 heavy (non-hydrogen) atoms. The molecule has 1 saturated carbocycles. The van der Waals surface area contributed by atoms with Gasteiger partial charge in [0.1, 0.15) is 12.4 Å². The number of hydrogen-bond donors (Lipinski definition) is 1. The number of ether oxygens (including phenoxy) is 1. The van der Waals surface area contributed by atoms with Crippen LogP contribution in [0, 0.1) is 0 Å². The second kappa shape index (κ2) is 8.03. The molecule has 9 heteroatoms. The van der Waals surface area contributed by atoms with Gasteiger partial charge >= 0.3 is 0 Å². The monoisotopic (exact) mass is 432 g/mol. The summed E-state index contributed by atoms with van der Waals surface area (Å²) in [5.41, 5.74) is 3.73. The molecule has 0 spiro atoms. The van der Waals surface area contributed by atoms with E-state index < -0.39 is 10.0 Å². The highest BCUT2D eigenvalue weighted by Crippen LogP contribution is 2.43. The molecule has 1 aromatic heterocycles. The van der Waals surface area contributed by atoms with Gasteiger partial charge in [0.05, 0.1) is 24.2 Å². The lowest BCUT2D eigenvalue weighted by Crippen LogP contribution is -2.40. The standard InChI is InChI=1S/C21H28N4O4S/c1-14-4-7-19-20(25(14)15(2)26)9-8-18(16-12-22-24(13-16)17-5-6-17)21(19)29-11-10-23-30(3,27)28/h8-9,12-14,17,23H,4-7,10-11H2,1-3H3/t14-/m0/s1. The Hall–Kier alpha value is -2.39. The van der Waals surface area contributed by atoms with Gasteiger partial charge in [0.2, 0.25) is 15.9 Å². The minimum atomic E-state index is -3.28. The summed E-state index contributed by atoms with van der Waals surface area (Å²) in [5, 5.41) is 4.50.